The Kier molecular flexibility index (Phi) is 2.44. The number of benzene rings is 1. The van der Waals surface area contributed by atoms with E-state index >= 15 is 0 Å². The molecule has 15 heavy (non-hydrogen) atoms. The molecule has 0 fully saturated rings. The fraction of sp³-hybridized carbons (Fsp3) is 0.222. The third kappa shape index (κ3) is 1.61. The molecule has 1 aromatic carbocycles. The van der Waals surface area contributed by atoms with Crippen LogP contribution in [-0.4, -0.2) is 28.1 Å². The summed E-state index contributed by atoms with van der Waals surface area (Å²) in [6.45, 7) is 0. The molecule has 0 spiro atoms. The van der Waals surface area contributed by atoms with Gasteiger partial charge in [0.05, 0.1) is 12.7 Å². The van der Waals surface area contributed by atoms with Gasteiger partial charge >= 0.3 is 5.97 Å². The Bertz CT molecular complexity index is 535. The van der Waals surface area contributed by atoms with Gasteiger partial charge in [0.25, 0.3) is 0 Å². The van der Waals surface area contributed by atoms with E-state index in [1.165, 1.54) is 7.11 Å². The van der Waals surface area contributed by atoms with Crippen molar-refractivity contribution in [3.05, 3.63) is 22.2 Å². The first kappa shape index (κ1) is 10.1. The average molecular weight is 270 g/mol. The Hall–Kier alpha value is -1.43. The van der Waals surface area contributed by atoms with Gasteiger partial charge in [0, 0.05) is 11.5 Å². The van der Waals surface area contributed by atoms with E-state index in [2.05, 4.69) is 26.2 Å². The van der Waals surface area contributed by atoms with Crippen LogP contribution in [0.5, 0.6) is 0 Å². The number of fused-ring (bicyclic) bond motifs is 1. The molecule has 6 heteroatoms. The van der Waals surface area contributed by atoms with Crippen LogP contribution in [0.25, 0.3) is 11.0 Å². The lowest BCUT2D eigenvalue weighted by molar-refractivity contribution is 0.0602. The molecule has 2 rings (SSSR count). The van der Waals surface area contributed by atoms with Crippen LogP contribution in [0.15, 0.2) is 16.6 Å². The lowest BCUT2D eigenvalue weighted by Gasteiger charge is -2.02. The van der Waals surface area contributed by atoms with Crippen molar-refractivity contribution in [2.24, 2.45) is 7.05 Å². The molecule has 0 aliphatic rings. The number of methoxy groups -OCH3 is 1. The minimum Gasteiger partial charge on any atom is -0.465 e. The Morgan fingerprint density at radius 2 is 2.27 bits per heavy atom. The number of aromatic nitrogens is 3. The number of nitrogens with zero attached hydrogens (tertiary/aromatic N) is 3. The molecule has 0 aliphatic carbocycles. The minimum absolute atomic E-state index is 0.397. The SMILES string of the molecule is COC(=O)c1cc(Br)cc2nnn(C)c12. The van der Waals surface area contributed by atoms with Crippen LogP contribution in [0.4, 0.5) is 0 Å². The first-order valence-electron chi connectivity index (χ1n) is 4.20. The molecule has 0 amide bonds. The zero-order valence-corrected chi connectivity index (χ0v) is 9.78. The average Bonchev–Trinajstić information content (AvgIpc) is 2.58. The molecule has 0 saturated carbocycles. The van der Waals surface area contributed by atoms with E-state index in [4.69, 9.17) is 4.74 Å². The Morgan fingerprint density at radius 3 is 2.93 bits per heavy atom. The summed E-state index contributed by atoms with van der Waals surface area (Å²) in [6, 6.07) is 3.49. The van der Waals surface area contributed by atoms with Crippen molar-refractivity contribution in [1.29, 1.82) is 0 Å². The van der Waals surface area contributed by atoms with Crippen LogP contribution in [0.1, 0.15) is 10.4 Å². The summed E-state index contributed by atoms with van der Waals surface area (Å²) in [5.41, 5.74) is 1.78. The van der Waals surface area contributed by atoms with Crippen LogP contribution in [-0.2, 0) is 11.8 Å². The maximum Gasteiger partial charge on any atom is 0.340 e. The highest BCUT2D eigenvalue weighted by molar-refractivity contribution is 9.10. The zero-order chi connectivity index (χ0) is 11.0. The number of ether oxygens (including phenoxy) is 1. The predicted molar refractivity (Wildman–Crippen MR) is 57.5 cm³/mol. The lowest BCUT2D eigenvalue weighted by Crippen LogP contribution is -2.04. The fourth-order valence-electron chi connectivity index (χ4n) is 1.43. The Morgan fingerprint density at radius 1 is 1.53 bits per heavy atom. The van der Waals surface area contributed by atoms with Crippen LogP contribution < -0.4 is 0 Å². The van der Waals surface area contributed by atoms with E-state index < -0.39 is 5.97 Å². The fourth-order valence-corrected chi connectivity index (χ4v) is 1.87. The van der Waals surface area contributed by atoms with Gasteiger partial charge in [-0.2, -0.15) is 0 Å². The summed E-state index contributed by atoms with van der Waals surface area (Å²) in [7, 11) is 3.08. The van der Waals surface area contributed by atoms with Gasteiger partial charge in [-0.15, -0.1) is 5.10 Å². The molecule has 78 valence electrons. The van der Waals surface area contributed by atoms with E-state index in [-0.39, 0.29) is 0 Å². The first-order valence-corrected chi connectivity index (χ1v) is 5.00. The van der Waals surface area contributed by atoms with Crippen molar-refractivity contribution in [1.82, 2.24) is 15.0 Å². The smallest absolute Gasteiger partial charge is 0.340 e. The molecule has 1 heterocycles. The first-order chi connectivity index (χ1) is 7.13. The molecule has 1 aromatic heterocycles. The molecule has 0 N–H and O–H groups in total. The van der Waals surface area contributed by atoms with Crippen molar-refractivity contribution in [2.45, 2.75) is 0 Å². The summed E-state index contributed by atoms with van der Waals surface area (Å²) in [6.07, 6.45) is 0. The molecule has 0 aliphatic heterocycles. The zero-order valence-electron chi connectivity index (χ0n) is 8.19. The lowest BCUT2D eigenvalue weighted by atomic mass is 10.2. The van der Waals surface area contributed by atoms with Gasteiger partial charge in [0.1, 0.15) is 11.0 Å². The monoisotopic (exact) mass is 269 g/mol. The molecule has 0 radical (unpaired) electrons. The quantitative estimate of drug-likeness (QED) is 0.737. The third-order valence-corrected chi connectivity index (χ3v) is 2.53. The number of carbonyl (C=O) groups is 1. The van der Waals surface area contributed by atoms with Crippen molar-refractivity contribution < 1.29 is 9.53 Å². The third-order valence-electron chi connectivity index (χ3n) is 2.07. The maximum atomic E-state index is 11.5. The number of rotatable bonds is 1. The molecular weight excluding hydrogens is 262 g/mol. The summed E-state index contributed by atoms with van der Waals surface area (Å²) in [4.78, 5) is 11.5. The number of halogens is 1. The van der Waals surface area contributed by atoms with Crippen molar-refractivity contribution in [2.75, 3.05) is 7.11 Å². The van der Waals surface area contributed by atoms with Gasteiger partial charge in [0.2, 0.25) is 0 Å². The Labute approximate surface area is 94.1 Å². The molecule has 5 nitrogen and oxygen atoms in total. The largest absolute Gasteiger partial charge is 0.465 e. The van der Waals surface area contributed by atoms with E-state index in [9.17, 15) is 4.79 Å². The molecule has 0 saturated heterocycles. The maximum absolute atomic E-state index is 11.5. The van der Waals surface area contributed by atoms with E-state index in [1.807, 2.05) is 0 Å². The summed E-state index contributed by atoms with van der Waals surface area (Å²) in [5, 5.41) is 7.78. The van der Waals surface area contributed by atoms with Gasteiger partial charge in [-0.05, 0) is 12.1 Å². The molecule has 0 atom stereocenters. The van der Waals surface area contributed by atoms with Gasteiger partial charge in [-0.3, -0.25) is 0 Å². The van der Waals surface area contributed by atoms with Crippen LogP contribution in [0.2, 0.25) is 0 Å². The normalized spacial score (nSPS) is 10.6. The van der Waals surface area contributed by atoms with Gasteiger partial charge < -0.3 is 4.74 Å². The van der Waals surface area contributed by atoms with Gasteiger partial charge in [-0.25, -0.2) is 9.48 Å². The summed E-state index contributed by atoms with van der Waals surface area (Å²) >= 11 is 3.31. The number of hydrogen-bond donors (Lipinski definition) is 0. The van der Waals surface area contributed by atoms with Crippen molar-refractivity contribution in [3.63, 3.8) is 0 Å². The number of hydrogen-bond acceptors (Lipinski definition) is 4. The van der Waals surface area contributed by atoms with Crippen molar-refractivity contribution >= 4 is 32.9 Å². The minimum atomic E-state index is -0.397. The van der Waals surface area contributed by atoms with Gasteiger partial charge in [0.15, 0.2) is 0 Å². The molecule has 2 aromatic rings. The van der Waals surface area contributed by atoms with Crippen LogP contribution >= 0.6 is 15.9 Å². The highest BCUT2D eigenvalue weighted by atomic mass is 79.9. The number of esters is 1. The van der Waals surface area contributed by atoms with Gasteiger partial charge in [-0.1, -0.05) is 21.1 Å². The summed E-state index contributed by atoms with van der Waals surface area (Å²) < 4.78 is 7.02. The van der Waals surface area contributed by atoms with Crippen LogP contribution in [0.3, 0.4) is 0 Å². The summed E-state index contributed by atoms with van der Waals surface area (Å²) in [5.74, 6) is -0.397. The van der Waals surface area contributed by atoms with E-state index in [0.717, 1.165) is 4.47 Å². The molecule has 0 bridgehead atoms. The van der Waals surface area contributed by atoms with Crippen LogP contribution in [0, 0.1) is 0 Å². The van der Waals surface area contributed by atoms with E-state index in [0.29, 0.717) is 16.6 Å². The topological polar surface area (TPSA) is 57.0 Å². The molecular formula is C9H8BrN3O2. The highest BCUT2D eigenvalue weighted by Gasteiger charge is 2.15. The Balaban J connectivity index is 2.80. The number of aryl methyl sites for hydroxylation is 1. The molecule has 0 unspecified atom stereocenters. The second kappa shape index (κ2) is 3.62. The standard InChI is InChI=1S/C9H8BrN3O2/c1-13-8-6(9(14)15-2)3-5(10)4-7(8)11-12-13/h3-4H,1-2H3. The second-order valence-corrected chi connectivity index (χ2v) is 3.94. The predicted octanol–water partition coefficient (Wildman–Crippen LogP) is 1.52. The van der Waals surface area contributed by atoms with E-state index in [1.54, 1.807) is 23.9 Å². The second-order valence-electron chi connectivity index (χ2n) is 3.03. The highest BCUT2D eigenvalue weighted by Crippen LogP contribution is 2.22. The van der Waals surface area contributed by atoms with Crippen molar-refractivity contribution in [3.8, 4) is 0 Å². The number of carbonyl (C=O) groups excluding carboxylic acids is 1.